The van der Waals surface area contributed by atoms with E-state index >= 15 is 0 Å². The Labute approximate surface area is 349 Å². The van der Waals surface area contributed by atoms with E-state index in [9.17, 15) is 0 Å². The van der Waals surface area contributed by atoms with Crippen molar-refractivity contribution in [2.24, 2.45) is 0 Å². The van der Waals surface area contributed by atoms with Crippen molar-refractivity contribution in [3.8, 4) is 44.5 Å². The average molecular weight is 767 g/mol. The van der Waals surface area contributed by atoms with E-state index in [1.807, 2.05) is 0 Å². The summed E-state index contributed by atoms with van der Waals surface area (Å²) >= 11 is 0. The van der Waals surface area contributed by atoms with Gasteiger partial charge >= 0.3 is 0 Å². The molecule has 12 rings (SSSR count). The summed E-state index contributed by atoms with van der Waals surface area (Å²) in [5, 5.41) is 12.7. The molecule has 0 amide bonds. The van der Waals surface area contributed by atoms with Crippen LogP contribution < -0.4 is 0 Å². The zero-order valence-electron chi connectivity index (χ0n) is 33.8. The number of aromatic nitrogens is 2. The highest BCUT2D eigenvalue weighted by molar-refractivity contribution is 6.25. The molecule has 0 aliphatic heterocycles. The number of hydrogen-bond donors (Lipinski definition) is 0. The Morgan fingerprint density at radius 1 is 0.300 bits per heavy atom. The Morgan fingerprint density at radius 3 is 1.35 bits per heavy atom. The van der Waals surface area contributed by atoms with Crippen LogP contribution >= 0.6 is 0 Å². The highest BCUT2D eigenvalue weighted by Crippen LogP contribution is 2.48. The van der Waals surface area contributed by atoms with Gasteiger partial charge in [-0.25, -0.2) is 0 Å². The third kappa shape index (κ3) is 5.01. The van der Waals surface area contributed by atoms with Crippen LogP contribution in [0, 0.1) is 0 Å². The fourth-order valence-corrected chi connectivity index (χ4v) is 10.6. The lowest BCUT2D eigenvalue weighted by Gasteiger charge is -2.19. The van der Waals surface area contributed by atoms with Gasteiger partial charge in [0, 0.05) is 56.7 Å². The van der Waals surface area contributed by atoms with Crippen molar-refractivity contribution in [3.05, 3.63) is 194 Å². The molecule has 0 atom stereocenters. The van der Waals surface area contributed by atoms with E-state index in [0.717, 1.165) is 13.1 Å². The largest absolute Gasteiger partial charge is 0.341 e. The van der Waals surface area contributed by atoms with E-state index in [2.05, 4.69) is 217 Å². The van der Waals surface area contributed by atoms with Crippen molar-refractivity contribution in [2.45, 2.75) is 26.9 Å². The van der Waals surface area contributed by atoms with E-state index in [4.69, 9.17) is 0 Å². The molecule has 0 unspecified atom stereocenters. The average Bonchev–Trinajstić information content (AvgIpc) is 3.83. The number of fused-ring (bicyclic) bond motifs is 9. The van der Waals surface area contributed by atoms with Crippen LogP contribution in [0.15, 0.2) is 194 Å². The van der Waals surface area contributed by atoms with Crippen LogP contribution in [0.2, 0.25) is 0 Å². The predicted molar refractivity (Wildman–Crippen MR) is 258 cm³/mol. The van der Waals surface area contributed by atoms with Crippen molar-refractivity contribution in [3.63, 3.8) is 0 Å². The molecule has 2 nitrogen and oxygen atoms in total. The first-order chi connectivity index (χ1) is 29.7. The maximum atomic E-state index is 2.51. The van der Waals surface area contributed by atoms with Gasteiger partial charge in [0.15, 0.2) is 0 Å². The molecule has 0 aliphatic carbocycles. The smallest absolute Gasteiger partial charge is 0.0497 e. The zero-order valence-corrected chi connectivity index (χ0v) is 33.8. The molecule has 0 saturated carbocycles. The fraction of sp³-hybridized carbons (Fsp3) is 0.0690. The molecule has 2 heteroatoms. The van der Waals surface area contributed by atoms with Gasteiger partial charge in [-0.1, -0.05) is 158 Å². The van der Waals surface area contributed by atoms with Crippen LogP contribution in [-0.4, -0.2) is 9.13 Å². The summed E-state index contributed by atoms with van der Waals surface area (Å²) in [6.45, 7) is 6.32. The minimum Gasteiger partial charge on any atom is -0.341 e. The normalized spacial score (nSPS) is 12.0. The number of hydrogen-bond acceptors (Lipinski definition) is 0. The van der Waals surface area contributed by atoms with Gasteiger partial charge in [-0.15, -0.1) is 0 Å². The number of benzene rings is 10. The maximum absolute atomic E-state index is 2.51. The van der Waals surface area contributed by atoms with Gasteiger partial charge in [0.2, 0.25) is 0 Å². The first kappa shape index (κ1) is 34.6. The Bertz CT molecular complexity index is 3500. The lowest BCUT2D eigenvalue weighted by Crippen LogP contribution is -1.94. The lowest BCUT2D eigenvalue weighted by atomic mass is 9.84. The molecule has 60 heavy (non-hydrogen) atoms. The molecule has 0 N–H and O–H groups in total. The van der Waals surface area contributed by atoms with E-state index in [1.54, 1.807) is 0 Å². The second kappa shape index (κ2) is 13.6. The first-order valence-electron chi connectivity index (χ1n) is 21.3. The molecule has 10 aromatic carbocycles. The zero-order chi connectivity index (χ0) is 39.9. The summed E-state index contributed by atoms with van der Waals surface area (Å²) in [6, 6.07) is 72.6. The molecule has 0 aliphatic rings. The van der Waals surface area contributed by atoms with Gasteiger partial charge in [0.1, 0.15) is 0 Å². The van der Waals surface area contributed by atoms with Gasteiger partial charge < -0.3 is 9.13 Å². The summed E-state index contributed by atoms with van der Waals surface area (Å²) in [4.78, 5) is 0. The fourth-order valence-electron chi connectivity index (χ4n) is 10.6. The van der Waals surface area contributed by atoms with Crippen LogP contribution in [0.3, 0.4) is 0 Å². The Morgan fingerprint density at radius 2 is 0.767 bits per heavy atom. The van der Waals surface area contributed by atoms with Gasteiger partial charge in [-0.05, 0) is 127 Å². The topological polar surface area (TPSA) is 9.86 Å². The number of para-hydroxylation sites is 2. The van der Waals surface area contributed by atoms with E-state index < -0.39 is 0 Å². The van der Waals surface area contributed by atoms with Crippen LogP contribution in [0.4, 0.5) is 0 Å². The van der Waals surface area contributed by atoms with Crippen molar-refractivity contribution in [2.75, 3.05) is 0 Å². The summed E-state index contributed by atoms with van der Waals surface area (Å²) in [5.74, 6) is 0. The van der Waals surface area contributed by atoms with Crippen LogP contribution in [0.25, 0.3) is 120 Å². The molecule has 2 heterocycles. The van der Waals surface area contributed by atoms with Gasteiger partial charge in [-0.3, -0.25) is 0 Å². The molecular weight excluding hydrogens is 725 g/mol. The minimum absolute atomic E-state index is 0.910. The third-order valence-electron chi connectivity index (χ3n) is 13.1. The molecule has 0 spiro atoms. The number of aryl methyl sites for hydroxylation is 2. The molecule has 0 bridgehead atoms. The standard InChI is InChI=1S/C58H42N2/c1-3-59-52-29-10-8-20-47(52)57-42(27-15-31-54(57)59)40-22-13-25-45-50(40)36-51-41(43-28-16-32-55-58(43)48-21-9-11-30-53(48)60(55)4-2)23-14-26-46(51)56(45)44-24-12-19-38-33-34-39(35-49(38)44)37-17-6-5-7-18-37/h5-36H,3-4H2,1-2H3. The van der Waals surface area contributed by atoms with E-state index in [0.29, 0.717) is 0 Å². The van der Waals surface area contributed by atoms with Crippen LogP contribution in [0.1, 0.15) is 13.8 Å². The van der Waals surface area contributed by atoms with Gasteiger partial charge in [0.05, 0.1) is 0 Å². The van der Waals surface area contributed by atoms with Gasteiger partial charge in [-0.2, -0.15) is 0 Å². The summed E-state index contributed by atoms with van der Waals surface area (Å²) in [6.07, 6.45) is 0. The SMILES string of the molecule is CCn1c2ccccc2c2c(-c3cccc4c(-c5cccc6ccc(-c7ccccc7)cc56)c5cccc(-c6cccc7c6c6ccccc6n7CC)c5cc34)cccc21. The van der Waals surface area contributed by atoms with Crippen molar-refractivity contribution in [1.29, 1.82) is 0 Å². The molecule has 0 saturated heterocycles. The third-order valence-corrected chi connectivity index (χ3v) is 13.1. The minimum atomic E-state index is 0.910. The Balaban J connectivity index is 1.24. The highest BCUT2D eigenvalue weighted by atomic mass is 15.0. The summed E-state index contributed by atoms with van der Waals surface area (Å²) in [7, 11) is 0. The van der Waals surface area contributed by atoms with Crippen molar-refractivity contribution < 1.29 is 0 Å². The monoisotopic (exact) mass is 766 g/mol. The number of nitrogens with zero attached hydrogens (tertiary/aromatic N) is 2. The van der Waals surface area contributed by atoms with Gasteiger partial charge in [0.25, 0.3) is 0 Å². The van der Waals surface area contributed by atoms with Crippen molar-refractivity contribution >= 4 is 75.9 Å². The molecule has 12 aromatic rings. The Kier molecular flexibility index (Phi) is 7.83. The second-order valence-corrected chi connectivity index (χ2v) is 16.1. The summed E-state index contributed by atoms with van der Waals surface area (Å²) in [5.41, 5.74) is 15.1. The molecule has 0 fully saturated rings. The van der Waals surface area contributed by atoms with E-state index in [-0.39, 0.29) is 0 Å². The van der Waals surface area contributed by atoms with Crippen LogP contribution in [-0.2, 0) is 13.1 Å². The maximum Gasteiger partial charge on any atom is 0.0497 e. The predicted octanol–water partition coefficient (Wildman–Crippen LogP) is 16.1. The second-order valence-electron chi connectivity index (χ2n) is 16.1. The lowest BCUT2D eigenvalue weighted by molar-refractivity contribution is 0.827. The van der Waals surface area contributed by atoms with Crippen LogP contribution in [0.5, 0.6) is 0 Å². The summed E-state index contributed by atoms with van der Waals surface area (Å²) < 4.78 is 4.93. The molecule has 284 valence electrons. The molecule has 0 radical (unpaired) electrons. The van der Waals surface area contributed by atoms with E-state index in [1.165, 1.54) is 120 Å². The first-order valence-corrected chi connectivity index (χ1v) is 21.3. The quantitative estimate of drug-likeness (QED) is 0.149. The Hall–Kier alpha value is -7.42. The molecule has 2 aromatic heterocycles. The number of rotatable bonds is 6. The molecular formula is C58H42N2. The van der Waals surface area contributed by atoms with Crippen molar-refractivity contribution in [1.82, 2.24) is 9.13 Å². The highest BCUT2D eigenvalue weighted by Gasteiger charge is 2.22.